The second kappa shape index (κ2) is 16.5. The number of nitrogens with two attached hydrogens (primary N) is 3. The Kier molecular flexibility index (Phi) is 15.5. The summed E-state index contributed by atoms with van der Waals surface area (Å²) in [4.78, 5) is 28.2. The van der Waals surface area contributed by atoms with Crippen LogP contribution in [0.3, 0.4) is 0 Å². The first-order valence-corrected chi connectivity index (χ1v) is 10.4. The van der Waals surface area contributed by atoms with E-state index in [1.807, 2.05) is 0 Å². The summed E-state index contributed by atoms with van der Waals surface area (Å²) >= 11 is 0. The Morgan fingerprint density at radius 1 is 0.926 bits per heavy atom. The fourth-order valence-electron chi connectivity index (χ4n) is 2.99. The van der Waals surface area contributed by atoms with Gasteiger partial charge in [-0.05, 0) is 19.8 Å². The molecule has 7 nitrogen and oxygen atoms in total. The van der Waals surface area contributed by atoms with E-state index in [1.165, 1.54) is 38.5 Å². The Morgan fingerprint density at radius 2 is 1.48 bits per heavy atom. The lowest BCUT2D eigenvalue weighted by Crippen LogP contribution is -2.37. The molecule has 2 atom stereocenters. The van der Waals surface area contributed by atoms with E-state index >= 15 is 0 Å². The van der Waals surface area contributed by atoms with E-state index in [9.17, 15) is 9.59 Å². The molecular formula is C20H40N4O3. The number of hydrogen-bond donors (Lipinski definition) is 3. The fraction of sp³-hybridized carbons (Fsp3) is 0.850. The average molecular weight is 385 g/mol. The van der Waals surface area contributed by atoms with Crippen molar-refractivity contribution in [1.29, 1.82) is 0 Å². The summed E-state index contributed by atoms with van der Waals surface area (Å²) in [5, 5.41) is 0. The fourth-order valence-corrected chi connectivity index (χ4v) is 2.99. The maximum atomic E-state index is 12.5. The van der Waals surface area contributed by atoms with Crippen molar-refractivity contribution in [3.63, 3.8) is 0 Å². The Balaban J connectivity index is 4.23. The normalized spacial score (nSPS) is 13.0. The Morgan fingerprint density at radius 3 is 2.00 bits per heavy atom. The number of nitrogens with zero attached hydrogens (tertiary/aromatic N) is 1. The molecule has 27 heavy (non-hydrogen) atoms. The smallest absolute Gasteiger partial charge is 0.322 e. The zero-order valence-electron chi connectivity index (χ0n) is 17.3. The molecule has 0 saturated carbocycles. The van der Waals surface area contributed by atoms with Crippen LogP contribution in [0, 0.1) is 5.92 Å². The van der Waals surface area contributed by atoms with Gasteiger partial charge in [0, 0.05) is 12.3 Å². The number of ketones is 1. The molecule has 0 bridgehead atoms. The van der Waals surface area contributed by atoms with E-state index in [0.29, 0.717) is 6.42 Å². The average Bonchev–Trinajstić information content (AvgIpc) is 2.63. The quantitative estimate of drug-likeness (QED) is 0.153. The molecule has 0 spiro atoms. The van der Waals surface area contributed by atoms with Gasteiger partial charge in [0.1, 0.15) is 11.8 Å². The van der Waals surface area contributed by atoms with Crippen LogP contribution < -0.4 is 17.2 Å². The first kappa shape index (κ1) is 25.4. The van der Waals surface area contributed by atoms with Crippen LogP contribution in [0.5, 0.6) is 0 Å². The monoisotopic (exact) mass is 384 g/mol. The summed E-state index contributed by atoms with van der Waals surface area (Å²) in [6.07, 6.45) is 11.4. The van der Waals surface area contributed by atoms with Gasteiger partial charge in [-0.2, -0.15) is 0 Å². The molecule has 0 rings (SSSR count). The number of carbonyl (C=O) groups is 2. The lowest BCUT2D eigenvalue weighted by molar-refractivity contribution is -0.145. The Hall–Kier alpha value is -1.63. The van der Waals surface area contributed by atoms with Gasteiger partial charge in [-0.25, -0.2) is 0 Å². The van der Waals surface area contributed by atoms with Crippen molar-refractivity contribution >= 4 is 17.7 Å². The molecule has 0 aliphatic carbocycles. The minimum atomic E-state index is -0.837. The highest BCUT2D eigenvalue weighted by molar-refractivity contribution is 5.83. The first-order chi connectivity index (χ1) is 12.9. The lowest BCUT2D eigenvalue weighted by Gasteiger charge is -2.18. The van der Waals surface area contributed by atoms with E-state index in [4.69, 9.17) is 21.9 Å². The number of ether oxygens (including phenoxy) is 1. The summed E-state index contributed by atoms with van der Waals surface area (Å²) in [5.41, 5.74) is 16.6. The predicted octanol–water partition coefficient (Wildman–Crippen LogP) is 2.65. The van der Waals surface area contributed by atoms with E-state index in [1.54, 1.807) is 6.92 Å². The van der Waals surface area contributed by atoms with Gasteiger partial charge in [-0.3, -0.25) is 14.6 Å². The number of hydrogen-bond acceptors (Lipinski definition) is 5. The molecule has 0 heterocycles. The van der Waals surface area contributed by atoms with Gasteiger partial charge in [0.05, 0.1) is 13.2 Å². The Labute approximate surface area is 164 Å². The van der Waals surface area contributed by atoms with Crippen molar-refractivity contribution in [2.75, 3.05) is 13.2 Å². The number of rotatable bonds is 17. The number of guanidine groups is 1. The SMILES string of the molecule is CCCCCCCCCCCC(=O)C(CN=C(N)N)CC(N)C(=O)OCC. The van der Waals surface area contributed by atoms with Crippen LogP contribution in [0.2, 0.25) is 0 Å². The third-order valence-electron chi connectivity index (χ3n) is 4.60. The van der Waals surface area contributed by atoms with Crippen molar-refractivity contribution in [3.8, 4) is 0 Å². The van der Waals surface area contributed by atoms with Crippen LogP contribution in [0.15, 0.2) is 4.99 Å². The van der Waals surface area contributed by atoms with Gasteiger partial charge in [-0.15, -0.1) is 0 Å². The van der Waals surface area contributed by atoms with Gasteiger partial charge < -0.3 is 21.9 Å². The Bertz CT molecular complexity index is 437. The predicted molar refractivity (Wildman–Crippen MR) is 110 cm³/mol. The van der Waals surface area contributed by atoms with Gasteiger partial charge in [0.25, 0.3) is 0 Å². The van der Waals surface area contributed by atoms with E-state index in [0.717, 1.165) is 19.3 Å². The highest BCUT2D eigenvalue weighted by Gasteiger charge is 2.25. The molecule has 0 saturated heterocycles. The minimum Gasteiger partial charge on any atom is -0.465 e. The maximum Gasteiger partial charge on any atom is 0.322 e. The number of unbranched alkanes of at least 4 members (excludes halogenated alkanes) is 8. The van der Waals surface area contributed by atoms with Crippen molar-refractivity contribution in [3.05, 3.63) is 0 Å². The highest BCUT2D eigenvalue weighted by Crippen LogP contribution is 2.16. The summed E-state index contributed by atoms with van der Waals surface area (Å²) in [6, 6.07) is -0.837. The molecule has 0 fully saturated rings. The molecule has 0 amide bonds. The van der Waals surface area contributed by atoms with Gasteiger partial charge in [0.15, 0.2) is 5.96 Å². The van der Waals surface area contributed by atoms with Gasteiger partial charge in [0.2, 0.25) is 0 Å². The minimum absolute atomic E-state index is 0.0581. The molecule has 0 aliphatic heterocycles. The van der Waals surface area contributed by atoms with Crippen LogP contribution in [-0.2, 0) is 14.3 Å². The largest absolute Gasteiger partial charge is 0.465 e. The number of aliphatic imine (C=N–C) groups is 1. The van der Waals surface area contributed by atoms with Crippen LogP contribution in [0.1, 0.15) is 84.5 Å². The van der Waals surface area contributed by atoms with E-state index in [-0.39, 0.29) is 31.3 Å². The maximum absolute atomic E-state index is 12.5. The molecule has 7 heteroatoms. The molecule has 0 aliphatic rings. The standard InChI is InChI=1S/C20H40N4O3/c1-3-5-6-7-8-9-10-11-12-13-18(25)16(15-24-20(22)23)14-17(21)19(26)27-4-2/h16-17H,3-15,21H2,1-2H3,(H4,22,23,24). The molecule has 0 aromatic heterocycles. The second-order valence-electron chi connectivity index (χ2n) is 7.10. The second-order valence-corrected chi connectivity index (χ2v) is 7.10. The van der Waals surface area contributed by atoms with Crippen molar-refractivity contribution in [1.82, 2.24) is 0 Å². The molecule has 0 aromatic rings. The van der Waals surface area contributed by atoms with Crippen molar-refractivity contribution in [2.45, 2.75) is 90.5 Å². The zero-order chi connectivity index (χ0) is 20.5. The van der Waals surface area contributed by atoms with Crippen LogP contribution in [0.25, 0.3) is 0 Å². The van der Waals surface area contributed by atoms with Crippen molar-refractivity contribution in [2.24, 2.45) is 28.1 Å². The number of carbonyl (C=O) groups excluding carboxylic acids is 2. The van der Waals surface area contributed by atoms with Gasteiger partial charge >= 0.3 is 5.97 Å². The van der Waals surface area contributed by atoms with E-state index < -0.39 is 17.9 Å². The molecule has 0 aromatic carbocycles. The van der Waals surface area contributed by atoms with E-state index in [2.05, 4.69) is 11.9 Å². The lowest BCUT2D eigenvalue weighted by atomic mass is 9.92. The summed E-state index contributed by atoms with van der Waals surface area (Å²) in [6.45, 7) is 4.36. The zero-order valence-corrected chi connectivity index (χ0v) is 17.3. The molecular weight excluding hydrogens is 344 g/mol. The summed E-state index contributed by atoms with van der Waals surface area (Å²) < 4.78 is 4.91. The molecule has 0 radical (unpaired) electrons. The van der Waals surface area contributed by atoms with Crippen molar-refractivity contribution < 1.29 is 14.3 Å². The molecule has 6 N–H and O–H groups in total. The number of Topliss-reactive ketones (excluding diaryl/α,β-unsaturated/α-hetero) is 1. The third-order valence-corrected chi connectivity index (χ3v) is 4.60. The van der Waals surface area contributed by atoms with Crippen LogP contribution >= 0.6 is 0 Å². The topological polar surface area (TPSA) is 134 Å². The third kappa shape index (κ3) is 14.1. The molecule has 2 unspecified atom stereocenters. The highest BCUT2D eigenvalue weighted by atomic mass is 16.5. The van der Waals surface area contributed by atoms with Crippen LogP contribution in [0.4, 0.5) is 0 Å². The van der Waals surface area contributed by atoms with Gasteiger partial charge in [-0.1, -0.05) is 58.3 Å². The molecule has 158 valence electrons. The number of esters is 1. The first-order valence-electron chi connectivity index (χ1n) is 10.4. The summed E-state index contributed by atoms with van der Waals surface area (Å²) in [7, 11) is 0. The van der Waals surface area contributed by atoms with Crippen LogP contribution in [-0.4, -0.2) is 36.9 Å². The summed E-state index contributed by atoms with van der Waals surface area (Å²) in [5.74, 6) is -0.966.